The van der Waals surface area contributed by atoms with Gasteiger partial charge in [0, 0.05) is 17.8 Å². The van der Waals surface area contributed by atoms with Crippen LogP contribution in [-0.4, -0.2) is 36.9 Å². The molecule has 2 aromatic heterocycles. The number of hydrogen-bond donors (Lipinski definition) is 2. The molecule has 0 amide bonds. The minimum Gasteiger partial charge on any atom is -0.311 e. The molecule has 0 aliphatic heterocycles. The molecule has 3 aromatic rings. The highest BCUT2D eigenvalue weighted by Crippen LogP contribution is 2.20. The van der Waals surface area contributed by atoms with Crippen LogP contribution in [0.4, 0.5) is 0 Å². The number of hydrogen-bond acceptors (Lipinski definition) is 5. The minimum atomic E-state index is 0.788. The van der Waals surface area contributed by atoms with Gasteiger partial charge in [-0.05, 0) is 35.2 Å². The quantitative estimate of drug-likeness (QED) is 0.726. The van der Waals surface area contributed by atoms with E-state index >= 15 is 0 Å². The van der Waals surface area contributed by atoms with Crippen molar-refractivity contribution in [3.63, 3.8) is 0 Å². The first-order chi connectivity index (χ1) is 9.86. The number of H-pyrrole nitrogens is 1. The lowest BCUT2D eigenvalue weighted by atomic mass is 10.1. The van der Waals surface area contributed by atoms with E-state index < -0.39 is 0 Å². The Hall–Kier alpha value is -2.54. The van der Waals surface area contributed by atoms with E-state index in [4.69, 9.17) is 0 Å². The van der Waals surface area contributed by atoms with E-state index in [1.807, 2.05) is 30.3 Å². The van der Waals surface area contributed by atoms with Crippen LogP contribution in [0.25, 0.3) is 16.9 Å². The summed E-state index contributed by atoms with van der Waals surface area (Å²) in [5, 5.41) is 21.8. The summed E-state index contributed by atoms with van der Waals surface area (Å²) in [7, 11) is 0. The highest BCUT2D eigenvalue weighted by molar-refractivity contribution is 5.62. The summed E-state index contributed by atoms with van der Waals surface area (Å²) >= 11 is 0. The summed E-state index contributed by atoms with van der Waals surface area (Å²) in [4.78, 5) is 0. The van der Waals surface area contributed by atoms with E-state index in [0.29, 0.717) is 0 Å². The molecule has 2 heterocycles. The van der Waals surface area contributed by atoms with Crippen LogP contribution in [0.3, 0.4) is 0 Å². The fourth-order valence-electron chi connectivity index (χ4n) is 1.95. The highest BCUT2D eigenvalue weighted by Gasteiger charge is 2.06. The van der Waals surface area contributed by atoms with Gasteiger partial charge in [-0.25, -0.2) is 4.68 Å². The molecule has 3 rings (SSSR count). The molecule has 0 fully saturated rings. The summed E-state index contributed by atoms with van der Waals surface area (Å²) in [5.41, 5.74) is 3.91. The third kappa shape index (κ3) is 2.57. The predicted molar refractivity (Wildman–Crippen MR) is 74.1 cm³/mol. The van der Waals surface area contributed by atoms with Gasteiger partial charge in [0.25, 0.3) is 0 Å². The molecule has 0 unspecified atom stereocenters. The Bertz CT molecular complexity index is 672. The fourth-order valence-corrected chi connectivity index (χ4v) is 1.95. The largest absolute Gasteiger partial charge is 0.311 e. The van der Waals surface area contributed by atoms with Crippen LogP contribution < -0.4 is 5.32 Å². The van der Waals surface area contributed by atoms with Crippen molar-refractivity contribution in [3.05, 3.63) is 42.4 Å². The number of rotatable bonds is 5. The van der Waals surface area contributed by atoms with Gasteiger partial charge in [0.15, 0.2) is 0 Å². The Morgan fingerprint density at radius 3 is 3.05 bits per heavy atom. The number of benzene rings is 1. The molecule has 0 spiro atoms. The fraction of sp³-hybridized carbons (Fsp3) is 0.231. The van der Waals surface area contributed by atoms with Gasteiger partial charge in [0.05, 0.1) is 11.4 Å². The van der Waals surface area contributed by atoms with Gasteiger partial charge in [-0.2, -0.15) is 5.10 Å². The highest BCUT2D eigenvalue weighted by atomic mass is 15.5. The standard InChI is InChI=1S/C13H15N7/c1-2-14-8-11-7-13(17-16-11)10-4-3-5-12(6-10)20-9-15-18-19-20/h3-7,9,14H,2,8H2,1H3,(H,16,17). The number of aromatic nitrogens is 6. The first kappa shape index (κ1) is 12.5. The van der Waals surface area contributed by atoms with Crippen molar-refractivity contribution in [3.8, 4) is 16.9 Å². The van der Waals surface area contributed by atoms with E-state index in [1.54, 1.807) is 11.0 Å². The van der Waals surface area contributed by atoms with E-state index in [0.717, 1.165) is 35.7 Å². The smallest absolute Gasteiger partial charge is 0.143 e. The van der Waals surface area contributed by atoms with E-state index in [1.165, 1.54) is 0 Å². The Balaban J connectivity index is 1.87. The number of aromatic amines is 1. The molecule has 102 valence electrons. The van der Waals surface area contributed by atoms with Crippen LogP contribution in [-0.2, 0) is 6.54 Å². The van der Waals surface area contributed by atoms with Crippen LogP contribution in [0, 0.1) is 0 Å². The van der Waals surface area contributed by atoms with Crippen LogP contribution in [0.1, 0.15) is 12.6 Å². The van der Waals surface area contributed by atoms with E-state index in [9.17, 15) is 0 Å². The molecule has 0 bridgehead atoms. The number of nitrogens with one attached hydrogen (secondary N) is 2. The lowest BCUT2D eigenvalue weighted by Gasteiger charge is -2.01. The van der Waals surface area contributed by atoms with Gasteiger partial charge in [0.1, 0.15) is 6.33 Å². The summed E-state index contributed by atoms with van der Waals surface area (Å²) in [6.45, 7) is 3.80. The Morgan fingerprint density at radius 2 is 2.25 bits per heavy atom. The molecule has 0 radical (unpaired) electrons. The normalized spacial score (nSPS) is 10.8. The topological polar surface area (TPSA) is 84.3 Å². The molecule has 7 nitrogen and oxygen atoms in total. The summed E-state index contributed by atoms with van der Waals surface area (Å²) in [5.74, 6) is 0. The third-order valence-corrected chi connectivity index (χ3v) is 2.95. The molecule has 0 saturated carbocycles. The second kappa shape index (κ2) is 5.62. The van der Waals surface area contributed by atoms with Crippen molar-refractivity contribution in [2.45, 2.75) is 13.5 Å². The molecule has 1 aromatic carbocycles. The molecule has 0 aliphatic rings. The predicted octanol–water partition coefficient (Wildman–Crippen LogP) is 1.16. The minimum absolute atomic E-state index is 0.788. The summed E-state index contributed by atoms with van der Waals surface area (Å²) in [6, 6.07) is 9.98. The molecular formula is C13H15N7. The van der Waals surface area contributed by atoms with Crippen molar-refractivity contribution in [1.29, 1.82) is 0 Å². The lowest BCUT2D eigenvalue weighted by molar-refractivity contribution is 0.707. The molecule has 0 atom stereocenters. The first-order valence-electron chi connectivity index (χ1n) is 6.45. The van der Waals surface area contributed by atoms with Gasteiger partial charge in [0.2, 0.25) is 0 Å². The Labute approximate surface area is 116 Å². The van der Waals surface area contributed by atoms with Crippen LogP contribution in [0.5, 0.6) is 0 Å². The maximum Gasteiger partial charge on any atom is 0.143 e. The van der Waals surface area contributed by atoms with Crippen LogP contribution in [0.15, 0.2) is 36.7 Å². The second-order valence-electron chi connectivity index (χ2n) is 4.36. The Morgan fingerprint density at radius 1 is 1.30 bits per heavy atom. The average molecular weight is 269 g/mol. The Kier molecular flexibility index (Phi) is 3.51. The van der Waals surface area contributed by atoms with E-state index in [-0.39, 0.29) is 0 Å². The zero-order chi connectivity index (χ0) is 13.8. The number of tetrazole rings is 1. The SMILES string of the molecule is CCNCc1cc(-c2cccc(-n3cnnn3)c2)n[nH]1. The lowest BCUT2D eigenvalue weighted by Crippen LogP contribution is -2.11. The second-order valence-corrected chi connectivity index (χ2v) is 4.36. The third-order valence-electron chi connectivity index (χ3n) is 2.95. The van der Waals surface area contributed by atoms with Gasteiger partial charge in [-0.15, -0.1) is 5.10 Å². The molecule has 2 N–H and O–H groups in total. The zero-order valence-corrected chi connectivity index (χ0v) is 11.1. The first-order valence-corrected chi connectivity index (χ1v) is 6.45. The molecule has 7 heteroatoms. The summed E-state index contributed by atoms with van der Waals surface area (Å²) in [6.07, 6.45) is 1.57. The van der Waals surface area contributed by atoms with E-state index in [2.05, 4.69) is 38.0 Å². The molecule has 20 heavy (non-hydrogen) atoms. The van der Waals surface area contributed by atoms with Gasteiger partial charge in [-0.1, -0.05) is 19.1 Å². The van der Waals surface area contributed by atoms with Crippen LogP contribution in [0.2, 0.25) is 0 Å². The van der Waals surface area contributed by atoms with Crippen molar-refractivity contribution in [1.82, 2.24) is 35.7 Å². The average Bonchev–Trinajstić information content (AvgIpc) is 3.17. The van der Waals surface area contributed by atoms with Gasteiger partial charge >= 0.3 is 0 Å². The monoisotopic (exact) mass is 269 g/mol. The van der Waals surface area contributed by atoms with Gasteiger partial charge < -0.3 is 5.32 Å². The maximum absolute atomic E-state index is 4.34. The number of nitrogens with zero attached hydrogens (tertiary/aromatic N) is 5. The summed E-state index contributed by atoms with van der Waals surface area (Å²) < 4.78 is 1.62. The van der Waals surface area contributed by atoms with Crippen molar-refractivity contribution < 1.29 is 0 Å². The van der Waals surface area contributed by atoms with Crippen LogP contribution >= 0.6 is 0 Å². The van der Waals surface area contributed by atoms with Gasteiger partial charge in [-0.3, -0.25) is 5.10 Å². The van der Waals surface area contributed by atoms with Crippen molar-refractivity contribution in [2.75, 3.05) is 6.54 Å². The molecular weight excluding hydrogens is 254 g/mol. The molecule has 0 aliphatic carbocycles. The molecule has 0 saturated heterocycles. The zero-order valence-electron chi connectivity index (χ0n) is 11.1. The van der Waals surface area contributed by atoms with Crippen molar-refractivity contribution >= 4 is 0 Å². The maximum atomic E-state index is 4.34. The van der Waals surface area contributed by atoms with Crippen molar-refractivity contribution in [2.24, 2.45) is 0 Å².